The Bertz CT molecular complexity index is 1110. The summed E-state index contributed by atoms with van der Waals surface area (Å²) in [6.45, 7) is 11.5. The third kappa shape index (κ3) is 6.15. The van der Waals surface area contributed by atoms with Gasteiger partial charge in [0, 0.05) is 57.9 Å². The van der Waals surface area contributed by atoms with E-state index in [1.807, 2.05) is 29.2 Å². The average Bonchev–Trinajstić information content (AvgIpc) is 2.89. The first-order valence-electron chi connectivity index (χ1n) is 12.6. The Balaban J connectivity index is 1.61. The van der Waals surface area contributed by atoms with E-state index in [2.05, 4.69) is 33.7 Å². The maximum absolute atomic E-state index is 13.3. The Morgan fingerprint density at radius 3 is 2.26 bits per heavy atom. The van der Waals surface area contributed by atoms with E-state index >= 15 is 0 Å². The van der Waals surface area contributed by atoms with Crippen LogP contribution in [0.15, 0.2) is 47.4 Å². The summed E-state index contributed by atoms with van der Waals surface area (Å²) in [7, 11) is -3.81. The highest BCUT2D eigenvalue weighted by molar-refractivity contribution is 7.92. The molecule has 0 unspecified atom stereocenters. The zero-order chi connectivity index (χ0) is 24.8. The van der Waals surface area contributed by atoms with Crippen molar-refractivity contribution in [2.75, 3.05) is 68.5 Å². The molecule has 0 aliphatic carbocycles. The molecule has 9 heteroatoms. The Labute approximate surface area is 209 Å². The fourth-order valence-electron chi connectivity index (χ4n) is 4.71. The molecule has 2 aromatic rings. The first-order valence-corrected chi connectivity index (χ1v) is 14.1. The van der Waals surface area contributed by atoms with Crippen molar-refractivity contribution in [1.82, 2.24) is 15.1 Å². The van der Waals surface area contributed by atoms with Gasteiger partial charge in [-0.3, -0.25) is 9.52 Å². The highest BCUT2D eigenvalue weighted by Gasteiger charge is 2.25. The van der Waals surface area contributed by atoms with Gasteiger partial charge in [-0.2, -0.15) is 0 Å². The van der Waals surface area contributed by atoms with Crippen molar-refractivity contribution < 1.29 is 13.2 Å². The molecule has 2 aliphatic heterocycles. The van der Waals surface area contributed by atoms with E-state index in [4.69, 9.17) is 0 Å². The summed E-state index contributed by atoms with van der Waals surface area (Å²) in [5.74, 6) is -0.0584. The molecule has 1 amide bonds. The summed E-state index contributed by atoms with van der Waals surface area (Å²) >= 11 is 0. The van der Waals surface area contributed by atoms with Crippen LogP contribution in [-0.4, -0.2) is 83.0 Å². The molecule has 2 aliphatic rings. The number of nitrogens with zero attached hydrogens (tertiary/aromatic N) is 3. The zero-order valence-corrected chi connectivity index (χ0v) is 21.6. The molecule has 4 rings (SSSR count). The van der Waals surface area contributed by atoms with Gasteiger partial charge < -0.3 is 20.0 Å². The van der Waals surface area contributed by atoms with Gasteiger partial charge in [0.1, 0.15) is 0 Å². The second kappa shape index (κ2) is 11.4. The lowest BCUT2D eigenvalue weighted by molar-refractivity contribution is 0.0643. The Hall–Kier alpha value is -2.62. The molecule has 0 aromatic heterocycles. The van der Waals surface area contributed by atoms with Gasteiger partial charge in [0.25, 0.3) is 15.9 Å². The summed E-state index contributed by atoms with van der Waals surface area (Å²) in [5, 5.41) is 3.33. The molecule has 190 valence electrons. The molecule has 0 radical (unpaired) electrons. The van der Waals surface area contributed by atoms with Gasteiger partial charge in [-0.15, -0.1) is 0 Å². The Morgan fingerprint density at radius 1 is 0.943 bits per heavy atom. The van der Waals surface area contributed by atoms with Gasteiger partial charge in [0.15, 0.2) is 0 Å². The lowest BCUT2D eigenvalue weighted by Crippen LogP contribution is -2.48. The van der Waals surface area contributed by atoms with Crippen LogP contribution in [0.2, 0.25) is 0 Å². The molecule has 8 nitrogen and oxygen atoms in total. The maximum atomic E-state index is 13.3. The summed E-state index contributed by atoms with van der Waals surface area (Å²) < 4.78 is 29.4. The molecule has 2 aromatic carbocycles. The van der Waals surface area contributed by atoms with Crippen LogP contribution in [0, 0.1) is 0 Å². The second-order valence-electron chi connectivity index (χ2n) is 9.19. The number of amides is 1. The third-order valence-corrected chi connectivity index (χ3v) is 8.21. The molecule has 35 heavy (non-hydrogen) atoms. The molecule has 0 saturated carbocycles. The molecule has 0 spiro atoms. The SMILES string of the molecule is CCCc1ccc(S(=O)(=O)Nc2cc(C(=O)N3CCN(CC)CC3)ccc2N2CCNCC2)cc1. The van der Waals surface area contributed by atoms with Crippen molar-refractivity contribution in [2.45, 2.75) is 31.6 Å². The van der Waals surface area contributed by atoms with Crippen LogP contribution in [0.3, 0.4) is 0 Å². The minimum absolute atomic E-state index is 0.0584. The van der Waals surface area contributed by atoms with E-state index in [0.717, 1.165) is 69.9 Å². The predicted octanol–water partition coefficient (Wildman–Crippen LogP) is 2.63. The van der Waals surface area contributed by atoms with Gasteiger partial charge in [-0.05, 0) is 48.9 Å². The number of hydrogen-bond donors (Lipinski definition) is 2. The fourth-order valence-corrected chi connectivity index (χ4v) is 5.77. The van der Waals surface area contributed by atoms with Crippen molar-refractivity contribution in [1.29, 1.82) is 0 Å². The van der Waals surface area contributed by atoms with Crippen LogP contribution in [0.1, 0.15) is 36.2 Å². The van der Waals surface area contributed by atoms with E-state index in [1.165, 1.54) is 0 Å². The number of piperazine rings is 2. The van der Waals surface area contributed by atoms with Gasteiger partial charge in [0.05, 0.1) is 16.3 Å². The number of likely N-dealkylation sites (N-methyl/N-ethyl adjacent to an activating group) is 1. The van der Waals surface area contributed by atoms with Gasteiger partial charge in [0.2, 0.25) is 0 Å². The second-order valence-corrected chi connectivity index (χ2v) is 10.9. The highest BCUT2D eigenvalue weighted by Crippen LogP contribution is 2.30. The minimum Gasteiger partial charge on any atom is -0.367 e. The largest absolute Gasteiger partial charge is 0.367 e. The molecule has 2 heterocycles. The van der Waals surface area contributed by atoms with Crippen molar-refractivity contribution in [3.63, 3.8) is 0 Å². The molecule has 2 saturated heterocycles. The number of rotatable bonds is 8. The summed E-state index contributed by atoms with van der Waals surface area (Å²) in [4.78, 5) is 19.8. The number of hydrogen-bond acceptors (Lipinski definition) is 6. The smallest absolute Gasteiger partial charge is 0.261 e. The van der Waals surface area contributed by atoms with Gasteiger partial charge in [-0.1, -0.05) is 32.4 Å². The first kappa shape index (κ1) is 25.5. The summed E-state index contributed by atoms with van der Waals surface area (Å²) in [6, 6.07) is 12.4. The van der Waals surface area contributed by atoms with Gasteiger partial charge in [-0.25, -0.2) is 8.42 Å². The van der Waals surface area contributed by atoms with Crippen molar-refractivity contribution in [3.05, 3.63) is 53.6 Å². The van der Waals surface area contributed by atoms with Crippen LogP contribution >= 0.6 is 0 Å². The normalized spacial score (nSPS) is 17.4. The number of carbonyl (C=O) groups is 1. The monoisotopic (exact) mass is 499 g/mol. The first-order chi connectivity index (χ1) is 16.9. The standard InChI is InChI=1S/C26H37N5O3S/c1-3-5-21-6-9-23(10-7-21)35(33,34)28-24-20-22(8-11-25(24)30-14-12-27-13-15-30)26(32)31-18-16-29(4-2)17-19-31/h6-11,20,27-28H,3-5,12-19H2,1-2H3. The predicted molar refractivity (Wildman–Crippen MR) is 141 cm³/mol. The lowest BCUT2D eigenvalue weighted by Gasteiger charge is -2.34. The van der Waals surface area contributed by atoms with Crippen LogP contribution in [0.25, 0.3) is 0 Å². The number of benzene rings is 2. The average molecular weight is 500 g/mol. The lowest BCUT2D eigenvalue weighted by atomic mass is 10.1. The third-order valence-electron chi connectivity index (χ3n) is 6.82. The molecular weight excluding hydrogens is 462 g/mol. The van der Waals surface area contributed by atoms with E-state index in [0.29, 0.717) is 24.3 Å². The molecule has 2 N–H and O–H groups in total. The molecular formula is C26H37N5O3S. The van der Waals surface area contributed by atoms with E-state index in [1.54, 1.807) is 18.2 Å². The van der Waals surface area contributed by atoms with Crippen LogP contribution in [0.5, 0.6) is 0 Å². The van der Waals surface area contributed by atoms with Gasteiger partial charge >= 0.3 is 0 Å². The number of nitrogens with one attached hydrogen (secondary N) is 2. The molecule has 2 fully saturated rings. The molecule has 0 atom stereocenters. The number of sulfonamides is 1. The summed E-state index contributed by atoms with van der Waals surface area (Å²) in [5.41, 5.74) is 2.86. The van der Waals surface area contributed by atoms with Crippen molar-refractivity contribution >= 4 is 27.3 Å². The Morgan fingerprint density at radius 2 is 1.63 bits per heavy atom. The summed E-state index contributed by atoms with van der Waals surface area (Å²) in [6.07, 6.45) is 1.92. The zero-order valence-electron chi connectivity index (χ0n) is 20.8. The number of aryl methyl sites for hydroxylation is 1. The Kier molecular flexibility index (Phi) is 8.30. The van der Waals surface area contributed by atoms with Crippen LogP contribution in [-0.2, 0) is 16.4 Å². The topological polar surface area (TPSA) is 85.0 Å². The number of anilines is 2. The van der Waals surface area contributed by atoms with E-state index in [9.17, 15) is 13.2 Å². The van der Waals surface area contributed by atoms with Crippen molar-refractivity contribution in [3.8, 4) is 0 Å². The highest BCUT2D eigenvalue weighted by atomic mass is 32.2. The fraction of sp³-hybridized carbons (Fsp3) is 0.500. The van der Waals surface area contributed by atoms with E-state index < -0.39 is 10.0 Å². The van der Waals surface area contributed by atoms with E-state index in [-0.39, 0.29) is 10.8 Å². The quantitative estimate of drug-likeness (QED) is 0.581. The van der Waals surface area contributed by atoms with Crippen LogP contribution < -0.4 is 14.9 Å². The minimum atomic E-state index is -3.81. The van der Waals surface area contributed by atoms with Crippen LogP contribution in [0.4, 0.5) is 11.4 Å². The molecule has 0 bridgehead atoms. The van der Waals surface area contributed by atoms with Crippen molar-refractivity contribution in [2.24, 2.45) is 0 Å². The number of carbonyl (C=O) groups excluding carboxylic acids is 1. The maximum Gasteiger partial charge on any atom is 0.261 e.